The number of furan rings is 1. The molecule has 0 radical (unpaired) electrons. The van der Waals surface area contributed by atoms with Gasteiger partial charge in [-0.25, -0.2) is 0 Å². The van der Waals surface area contributed by atoms with E-state index in [9.17, 15) is 0 Å². The second kappa shape index (κ2) is 15.5. The summed E-state index contributed by atoms with van der Waals surface area (Å²) in [5, 5.41) is 12.1. The van der Waals surface area contributed by atoms with Crippen LogP contribution in [0.15, 0.2) is 253 Å². The smallest absolute Gasteiger partial charge is 0.143 e. The molecule has 0 aliphatic rings. The van der Waals surface area contributed by atoms with Gasteiger partial charge in [0.25, 0.3) is 0 Å². The van der Waals surface area contributed by atoms with Crippen molar-refractivity contribution >= 4 is 82.1 Å². The molecular formula is C64H41NO. The molecule has 0 aliphatic carbocycles. The predicted molar refractivity (Wildman–Crippen MR) is 280 cm³/mol. The highest BCUT2D eigenvalue weighted by atomic mass is 16.3. The van der Waals surface area contributed by atoms with E-state index in [2.05, 4.69) is 254 Å². The lowest BCUT2D eigenvalue weighted by Crippen LogP contribution is -2.10. The minimum Gasteiger partial charge on any atom is -0.455 e. The van der Waals surface area contributed by atoms with E-state index in [4.69, 9.17) is 4.42 Å². The van der Waals surface area contributed by atoms with Crippen molar-refractivity contribution in [2.45, 2.75) is 0 Å². The third-order valence-corrected chi connectivity index (χ3v) is 13.5. The summed E-state index contributed by atoms with van der Waals surface area (Å²) in [6, 6.07) is 90.2. The van der Waals surface area contributed by atoms with Gasteiger partial charge in [0.2, 0.25) is 0 Å². The molecule has 2 nitrogen and oxygen atoms in total. The molecule has 0 fully saturated rings. The fraction of sp³-hybridized carbons (Fsp3) is 0. The zero-order valence-corrected chi connectivity index (χ0v) is 36.0. The van der Waals surface area contributed by atoms with Gasteiger partial charge in [0.15, 0.2) is 0 Å². The van der Waals surface area contributed by atoms with Gasteiger partial charge in [0, 0.05) is 33.2 Å². The van der Waals surface area contributed by atoms with E-state index in [1.54, 1.807) is 0 Å². The number of fused-ring (bicyclic) bond motifs is 9. The molecule has 0 spiro atoms. The lowest BCUT2D eigenvalue weighted by atomic mass is 9.94. The van der Waals surface area contributed by atoms with Crippen molar-refractivity contribution in [2.75, 3.05) is 4.90 Å². The molecule has 0 bridgehead atoms. The third-order valence-electron chi connectivity index (χ3n) is 13.5. The molecule has 0 unspecified atom stereocenters. The van der Waals surface area contributed by atoms with Gasteiger partial charge in [-0.15, -0.1) is 0 Å². The normalized spacial score (nSPS) is 11.6. The Hall–Kier alpha value is -8.72. The fourth-order valence-electron chi connectivity index (χ4n) is 10.3. The van der Waals surface area contributed by atoms with E-state index >= 15 is 0 Å². The van der Waals surface area contributed by atoms with Gasteiger partial charge >= 0.3 is 0 Å². The summed E-state index contributed by atoms with van der Waals surface area (Å²) in [6.07, 6.45) is 0. The Kier molecular flexibility index (Phi) is 8.89. The standard InChI is InChI=1S/C64H41NO/c1-4-17-53-44(11-1)14-8-20-54(53)47-27-25-42(26-28-47)43-29-35-50(36-30-43)65(51-37-31-48(32-38-51)56-21-9-23-59-55-18-5-2-12-45(55)33-39-60(56)59)52-16-7-15-49(41-52)57-22-10-24-62-63(57)61-40-34-46-13-3-6-19-58(46)64(61)66-62/h1-41H. The van der Waals surface area contributed by atoms with Gasteiger partial charge in [0.05, 0.1) is 0 Å². The molecule has 0 amide bonds. The Morgan fingerprint density at radius 3 is 1.47 bits per heavy atom. The molecule has 308 valence electrons. The van der Waals surface area contributed by atoms with Crippen molar-refractivity contribution in [1.82, 2.24) is 0 Å². The molecule has 0 saturated carbocycles. The molecule has 0 atom stereocenters. The Morgan fingerprint density at radius 1 is 0.258 bits per heavy atom. The lowest BCUT2D eigenvalue weighted by molar-refractivity contribution is 0.673. The van der Waals surface area contributed by atoms with Crippen LogP contribution in [0.25, 0.3) is 110 Å². The van der Waals surface area contributed by atoms with Crippen LogP contribution in [-0.4, -0.2) is 0 Å². The average molecular weight is 840 g/mol. The summed E-state index contributed by atoms with van der Waals surface area (Å²) >= 11 is 0. The number of hydrogen-bond donors (Lipinski definition) is 0. The number of hydrogen-bond acceptors (Lipinski definition) is 2. The minimum absolute atomic E-state index is 0.888. The SMILES string of the molecule is c1cc(-c2cccc3oc4c5ccccc5ccc4c23)cc(N(c2ccc(-c3ccc(-c4cccc5ccccc45)cc3)cc2)c2ccc(-c3cccc4c3ccc3ccccc34)cc2)c1. The van der Waals surface area contributed by atoms with Gasteiger partial charge in [0.1, 0.15) is 11.2 Å². The van der Waals surface area contributed by atoms with Gasteiger partial charge in [-0.05, 0) is 131 Å². The Bertz CT molecular complexity index is 3970. The van der Waals surface area contributed by atoms with Crippen LogP contribution in [0.2, 0.25) is 0 Å². The summed E-state index contributed by atoms with van der Waals surface area (Å²) in [7, 11) is 0. The van der Waals surface area contributed by atoms with Crippen LogP contribution in [0, 0.1) is 0 Å². The highest BCUT2D eigenvalue weighted by Crippen LogP contribution is 2.43. The van der Waals surface area contributed by atoms with Crippen molar-refractivity contribution in [3.05, 3.63) is 249 Å². The van der Waals surface area contributed by atoms with E-state index in [0.29, 0.717) is 0 Å². The summed E-state index contributed by atoms with van der Waals surface area (Å²) in [5.41, 5.74) is 14.5. The minimum atomic E-state index is 0.888. The Morgan fingerprint density at radius 2 is 0.742 bits per heavy atom. The topological polar surface area (TPSA) is 16.4 Å². The Balaban J connectivity index is 0.908. The quantitative estimate of drug-likeness (QED) is 0.149. The van der Waals surface area contributed by atoms with Crippen LogP contribution in [0.1, 0.15) is 0 Å². The zero-order valence-electron chi connectivity index (χ0n) is 36.0. The molecule has 0 aliphatic heterocycles. The maximum Gasteiger partial charge on any atom is 0.143 e. The number of nitrogens with zero attached hydrogens (tertiary/aromatic N) is 1. The molecule has 0 N–H and O–H groups in total. The summed E-state index contributed by atoms with van der Waals surface area (Å²) in [4.78, 5) is 2.37. The second-order valence-corrected chi connectivity index (χ2v) is 17.2. The van der Waals surface area contributed by atoms with Crippen molar-refractivity contribution in [3.63, 3.8) is 0 Å². The van der Waals surface area contributed by atoms with Gasteiger partial charge in [-0.3, -0.25) is 0 Å². The molecule has 12 aromatic carbocycles. The lowest BCUT2D eigenvalue weighted by Gasteiger charge is -2.26. The second-order valence-electron chi connectivity index (χ2n) is 17.2. The van der Waals surface area contributed by atoms with Crippen LogP contribution in [-0.2, 0) is 0 Å². The molecule has 13 rings (SSSR count). The first kappa shape index (κ1) is 37.8. The van der Waals surface area contributed by atoms with E-state index < -0.39 is 0 Å². The average Bonchev–Trinajstić information content (AvgIpc) is 3.79. The van der Waals surface area contributed by atoms with Gasteiger partial charge < -0.3 is 9.32 Å². The van der Waals surface area contributed by atoms with Gasteiger partial charge in [-0.1, -0.05) is 200 Å². The largest absolute Gasteiger partial charge is 0.455 e. The van der Waals surface area contributed by atoms with Crippen LogP contribution in [0.4, 0.5) is 17.1 Å². The zero-order chi connectivity index (χ0) is 43.6. The first-order chi connectivity index (χ1) is 32.7. The van der Waals surface area contributed by atoms with Crippen molar-refractivity contribution < 1.29 is 4.42 Å². The van der Waals surface area contributed by atoms with E-state index in [0.717, 1.165) is 55.5 Å². The number of anilines is 3. The third kappa shape index (κ3) is 6.34. The van der Waals surface area contributed by atoms with Gasteiger partial charge in [-0.2, -0.15) is 0 Å². The summed E-state index contributed by atoms with van der Waals surface area (Å²) in [5.74, 6) is 0. The molecule has 2 heteroatoms. The van der Waals surface area contributed by atoms with Crippen LogP contribution in [0.3, 0.4) is 0 Å². The summed E-state index contributed by atoms with van der Waals surface area (Å²) in [6.45, 7) is 0. The molecule has 66 heavy (non-hydrogen) atoms. The van der Waals surface area contributed by atoms with Crippen LogP contribution in [0.5, 0.6) is 0 Å². The monoisotopic (exact) mass is 839 g/mol. The first-order valence-corrected chi connectivity index (χ1v) is 22.7. The van der Waals surface area contributed by atoms with E-state index in [1.165, 1.54) is 71.1 Å². The molecular weight excluding hydrogens is 799 g/mol. The number of benzene rings is 12. The summed E-state index contributed by atoms with van der Waals surface area (Å²) < 4.78 is 6.62. The van der Waals surface area contributed by atoms with E-state index in [1.807, 2.05) is 0 Å². The van der Waals surface area contributed by atoms with Crippen molar-refractivity contribution in [3.8, 4) is 44.5 Å². The highest BCUT2D eigenvalue weighted by Gasteiger charge is 2.18. The Labute approximate surface area is 382 Å². The maximum atomic E-state index is 6.62. The van der Waals surface area contributed by atoms with Crippen LogP contribution < -0.4 is 4.90 Å². The predicted octanol–water partition coefficient (Wildman–Crippen LogP) is 18.3. The molecule has 1 aromatic heterocycles. The first-order valence-electron chi connectivity index (χ1n) is 22.7. The number of rotatable bonds is 7. The molecule has 13 aromatic rings. The van der Waals surface area contributed by atoms with Crippen molar-refractivity contribution in [1.29, 1.82) is 0 Å². The molecule has 1 heterocycles. The van der Waals surface area contributed by atoms with Crippen molar-refractivity contribution in [2.24, 2.45) is 0 Å². The highest BCUT2D eigenvalue weighted by molar-refractivity contribution is 6.19. The maximum absolute atomic E-state index is 6.62. The molecule has 0 saturated heterocycles. The fourth-order valence-corrected chi connectivity index (χ4v) is 10.3. The van der Waals surface area contributed by atoms with Crippen LogP contribution >= 0.6 is 0 Å². The van der Waals surface area contributed by atoms with E-state index in [-0.39, 0.29) is 0 Å².